The first-order chi connectivity index (χ1) is 14.4. The molecular weight excluding hydrogens is 457 g/mol. The van der Waals surface area contributed by atoms with Gasteiger partial charge >= 0.3 is 0 Å². The average molecular weight is 474 g/mol. The highest BCUT2D eigenvalue weighted by molar-refractivity contribution is 7.90. The quantitative estimate of drug-likeness (QED) is 0.568. The van der Waals surface area contributed by atoms with Crippen LogP contribution in [0, 0.1) is 17.5 Å². The van der Waals surface area contributed by atoms with Gasteiger partial charge in [0, 0.05) is 29.9 Å². The van der Waals surface area contributed by atoms with Gasteiger partial charge in [-0.15, -0.1) is 0 Å². The van der Waals surface area contributed by atoms with E-state index < -0.39 is 42.4 Å². The zero-order valence-corrected chi connectivity index (χ0v) is 17.9. The van der Waals surface area contributed by atoms with Crippen LogP contribution in [0.5, 0.6) is 5.75 Å². The number of halogens is 3. The fourth-order valence-electron chi connectivity index (χ4n) is 2.93. The molecule has 0 aliphatic heterocycles. The lowest BCUT2D eigenvalue weighted by atomic mass is 10.1. The van der Waals surface area contributed by atoms with E-state index in [9.17, 15) is 30.0 Å². The van der Waals surface area contributed by atoms with Crippen LogP contribution in [0.25, 0.3) is 11.3 Å². The average Bonchev–Trinajstić information content (AvgIpc) is 3.05. The van der Waals surface area contributed by atoms with E-state index in [1.807, 2.05) is 0 Å². The van der Waals surface area contributed by atoms with Gasteiger partial charge in [0.05, 0.1) is 18.3 Å². The summed E-state index contributed by atoms with van der Waals surface area (Å²) in [6.07, 6.45) is 1.94. The summed E-state index contributed by atoms with van der Waals surface area (Å²) in [6, 6.07) is 6.68. The number of nitrogens with one attached hydrogen (secondary N) is 1. The van der Waals surface area contributed by atoms with Gasteiger partial charge in [-0.05, 0) is 30.3 Å². The summed E-state index contributed by atoms with van der Waals surface area (Å²) in [5.41, 5.74) is -0.565. The summed E-state index contributed by atoms with van der Waals surface area (Å²) >= 11 is 0. The van der Waals surface area contributed by atoms with Crippen molar-refractivity contribution in [2.24, 2.45) is 0 Å². The van der Waals surface area contributed by atoms with Gasteiger partial charge in [0.25, 0.3) is 10.0 Å². The molecule has 0 amide bonds. The molecule has 0 fully saturated rings. The van der Waals surface area contributed by atoms with Crippen LogP contribution in [0.1, 0.15) is 5.56 Å². The lowest BCUT2D eigenvalue weighted by Gasteiger charge is -2.13. The normalized spacial score (nSPS) is 12.2. The molecular formula is C19H17F3N2O5S2. The minimum Gasteiger partial charge on any atom is -0.494 e. The first-order valence-corrected chi connectivity index (χ1v) is 12.0. The fraction of sp³-hybridized carbons (Fsp3) is 0.158. The Labute approximate surface area is 177 Å². The standard InChI is InChI=1S/C19H17F3N2O5S2/c1-29-19-12(10-23-30(2,25)26)11-24(18(19)16-7-6-14(21)9-17(16)22)31(27,28)15-5-3-4-13(20)8-15/h3-9,11,23H,10H2,1-2H3. The number of hydrogen-bond donors (Lipinski definition) is 1. The van der Waals surface area contributed by atoms with Gasteiger partial charge in [0.2, 0.25) is 10.0 Å². The minimum atomic E-state index is -4.47. The van der Waals surface area contributed by atoms with Crippen LogP contribution >= 0.6 is 0 Å². The molecule has 0 bridgehead atoms. The second-order valence-electron chi connectivity index (χ2n) is 6.51. The topological polar surface area (TPSA) is 94.5 Å². The van der Waals surface area contributed by atoms with Crippen LogP contribution in [-0.4, -0.2) is 34.2 Å². The number of sulfonamides is 1. The van der Waals surface area contributed by atoms with Gasteiger partial charge < -0.3 is 4.74 Å². The fourth-order valence-corrected chi connectivity index (χ4v) is 4.78. The van der Waals surface area contributed by atoms with Crippen LogP contribution in [-0.2, 0) is 26.6 Å². The first kappa shape index (κ1) is 22.8. The molecule has 1 heterocycles. The molecule has 7 nitrogen and oxygen atoms in total. The van der Waals surface area contributed by atoms with E-state index >= 15 is 0 Å². The van der Waals surface area contributed by atoms with Crippen molar-refractivity contribution in [2.75, 3.05) is 13.4 Å². The monoisotopic (exact) mass is 474 g/mol. The van der Waals surface area contributed by atoms with E-state index in [4.69, 9.17) is 4.74 Å². The van der Waals surface area contributed by atoms with Crippen molar-refractivity contribution in [3.63, 3.8) is 0 Å². The summed E-state index contributed by atoms with van der Waals surface area (Å²) in [4.78, 5) is -0.434. The Kier molecular flexibility index (Phi) is 6.16. The molecule has 0 saturated heterocycles. The van der Waals surface area contributed by atoms with E-state index in [0.29, 0.717) is 10.0 Å². The van der Waals surface area contributed by atoms with Gasteiger partial charge in [-0.3, -0.25) is 0 Å². The number of ether oxygens (including phenoxy) is 1. The van der Waals surface area contributed by atoms with Crippen molar-refractivity contribution in [2.45, 2.75) is 11.4 Å². The summed E-state index contributed by atoms with van der Waals surface area (Å²) in [5, 5.41) is 0. The van der Waals surface area contributed by atoms with Gasteiger partial charge in [0.1, 0.15) is 28.9 Å². The van der Waals surface area contributed by atoms with E-state index in [-0.39, 0.29) is 29.1 Å². The van der Waals surface area contributed by atoms with Gasteiger partial charge in [-0.25, -0.2) is 38.7 Å². The number of nitrogens with zero attached hydrogens (tertiary/aromatic N) is 1. The molecule has 2 aromatic carbocycles. The molecule has 3 aromatic rings. The lowest BCUT2D eigenvalue weighted by Crippen LogP contribution is -2.21. The highest BCUT2D eigenvalue weighted by atomic mass is 32.2. The molecule has 0 spiro atoms. The smallest absolute Gasteiger partial charge is 0.268 e. The predicted molar refractivity (Wildman–Crippen MR) is 107 cm³/mol. The van der Waals surface area contributed by atoms with E-state index in [0.717, 1.165) is 42.8 Å². The van der Waals surface area contributed by atoms with Crippen LogP contribution < -0.4 is 9.46 Å². The molecule has 166 valence electrons. The third kappa shape index (κ3) is 4.75. The van der Waals surface area contributed by atoms with Crippen molar-refractivity contribution in [1.82, 2.24) is 8.69 Å². The van der Waals surface area contributed by atoms with Gasteiger partial charge in [-0.1, -0.05) is 6.07 Å². The Morgan fingerprint density at radius 2 is 1.68 bits per heavy atom. The third-order valence-corrected chi connectivity index (χ3v) is 6.59. The maximum Gasteiger partial charge on any atom is 0.268 e. The predicted octanol–water partition coefficient (Wildman–Crippen LogP) is 2.87. The number of methoxy groups -OCH3 is 1. The second-order valence-corrected chi connectivity index (χ2v) is 10.2. The summed E-state index contributed by atoms with van der Waals surface area (Å²) in [6.45, 7) is -0.372. The van der Waals surface area contributed by atoms with Gasteiger partial charge in [0.15, 0.2) is 0 Å². The van der Waals surface area contributed by atoms with Crippen molar-refractivity contribution in [1.29, 1.82) is 0 Å². The van der Waals surface area contributed by atoms with Gasteiger partial charge in [-0.2, -0.15) is 0 Å². The number of benzene rings is 2. The largest absolute Gasteiger partial charge is 0.494 e. The van der Waals surface area contributed by atoms with Crippen molar-refractivity contribution < 1.29 is 34.7 Å². The van der Waals surface area contributed by atoms with E-state index in [2.05, 4.69) is 4.72 Å². The summed E-state index contributed by atoms with van der Waals surface area (Å²) in [5.74, 6) is -2.92. The first-order valence-electron chi connectivity index (χ1n) is 8.63. The van der Waals surface area contributed by atoms with Crippen LogP contribution in [0.2, 0.25) is 0 Å². The Bertz CT molecular complexity index is 1350. The highest BCUT2D eigenvalue weighted by Crippen LogP contribution is 2.39. The maximum atomic E-state index is 14.6. The van der Waals surface area contributed by atoms with Crippen LogP contribution in [0.4, 0.5) is 13.2 Å². The van der Waals surface area contributed by atoms with E-state index in [1.54, 1.807) is 0 Å². The maximum absolute atomic E-state index is 14.6. The second kappa shape index (κ2) is 8.36. The van der Waals surface area contributed by atoms with Crippen LogP contribution in [0.3, 0.4) is 0 Å². The zero-order chi connectivity index (χ0) is 23.0. The zero-order valence-electron chi connectivity index (χ0n) is 16.3. The molecule has 0 aliphatic carbocycles. The van der Waals surface area contributed by atoms with Crippen molar-refractivity contribution in [3.05, 3.63) is 71.7 Å². The van der Waals surface area contributed by atoms with Crippen molar-refractivity contribution >= 4 is 20.0 Å². The number of aromatic nitrogens is 1. The number of rotatable bonds is 7. The molecule has 0 saturated carbocycles. The molecule has 0 aliphatic rings. The van der Waals surface area contributed by atoms with Crippen LogP contribution in [0.15, 0.2) is 53.6 Å². The molecule has 0 radical (unpaired) electrons. The third-order valence-electron chi connectivity index (χ3n) is 4.27. The molecule has 0 unspecified atom stereocenters. The minimum absolute atomic E-state index is 0.0617. The Balaban J connectivity index is 2.32. The molecule has 3 rings (SSSR count). The Morgan fingerprint density at radius 3 is 2.26 bits per heavy atom. The summed E-state index contributed by atoms with van der Waals surface area (Å²) in [7, 11) is -6.95. The Hall–Kier alpha value is -2.83. The lowest BCUT2D eigenvalue weighted by molar-refractivity contribution is 0.411. The molecule has 12 heteroatoms. The molecule has 1 aromatic heterocycles. The van der Waals surface area contributed by atoms with Crippen molar-refractivity contribution in [3.8, 4) is 17.0 Å². The summed E-state index contributed by atoms with van der Waals surface area (Å²) < 4.78 is 99.3. The SMILES string of the molecule is COc1c(CNS(C)(=O)=O)cn(S(=O)(=O)c2cccc(F)c2)c1-c1ccc(F)cc1F. The molecule has 1 N–H and O–H groups in total. The Morgan fingerprint density at radius 1 is 1.00 bits per heavy atom. The molecule has 31 heavy (non-hydrogen) atoms. The molecule has 0 atom stereocenters. The highest BCUT2D eigenvalue weighted by Gasteiger charge is 2.29. The van der Waals surface area contributed by atoms with E-state index in [1.165, 1.54) is 13.2 Å². The number of hydrogen-bond acceptors (Lipinski definition) is 5.